The minimum atomic E-state index is -1.53. The van der Waals surface area contributed by atoms with Crippen molar-refractivity contribution in [3.63, 3.8) is 0 Å². The highest BCUT2D eigenvalue weighted by Gasteiger charge is 2.44. The van der Waals surface area contributed by atoms with Gasteiger partial charge in [0.2, 0.25) is 0 Å². The van der Waals surface area contributed by atoms with E-state index >= 15 is 0 Å². The lowest BCUT2D eigenvalue weighted by Crippen LogP contribution is -2.51. The first-order valence-corrected chi connectivity index (χ1v) is 10.2. The summed E-state index contributed by atoms with van der Waals surface area (Å²) in [5.41, 5.74) is 0.135. The Hall–Kier alpha value is -2.55. The van der Waals surface area contributed by atoms with E-state index in [1.807, 2.05) is 30.3 Å². The highest BCUT2D eigenvalue weighted by atomic mass is 35.5. The smallest absolute Gasteiger partial charge is 0.256 e. The van der Waals surface area contributed by atoms with Gasteiger partial charge >= 0.3 is 0 Å². The van der Waals surface area contributed by atoms with Crippen molar-refractivity contribution in [2.24, 2.45) is 5.92 Å². The van der Waals surface area contributed by atoms with Crippen molar-refractivity contribution in [1.82, 2.24) is 0 Å². The number of rotatable bonds is 6. The number of hydrogen-bond acceptors (Lipinski definition) is 4. The van der Waals surface area contributed by atoms with Crippen molar-refractivity contribution in [3.05, 3.63) is 58.6 Å². The number of methoxy groups -OCH3 is 1. The third-order valence-corrected chi connectivity index (χ3v) is 5.97. The molecular formula is C23H25ClN2O3. The van der Waals surface area contributed by atoms with Crippen LogP contribution in [0.15, 0.2) is 42.5 Å². The second-order valence-electron chi connectivity index (χ2n) is 7.54. The van der Waals surface area contributed by atoms with Crippen molar-refractivity contribution in [2.45, 2.75) is 44.1 Å². The van der Waals surface area contributed by atoms with E-state index in [4.69, 9.17) is 21.6 Å². The number of carbonyl (C=O) groups excluding carboxylic acids is 1. The molecule has 1 aliphatic rings. The third-order valence-electron chi connectivity index (χ3n) is 5.65. The number of carbonyl (C=O) groups is 1. The van der Waals surface area contributed by atoms with E-state index in [1.54, 1.807) is 19.2 Å². The zero-order valence-corrected chi connectivity index (χ0v) is 17.2. The van der Waals surface area contributed by atoms with Gasteiger partial charge in [0.1, 0.15) is 17.4 Å². The minimum Gasteiger partial charge on any atom is -0.497 e. The summed E-state index contributed by atoms with van der Waals surface area (Å²) in [7, 11) is 1.60. The first kappa shape index (κ1) is 21.2. The van der Waals surface area contributed by atoms with E-state index in [2.05, 4.69) is 5.32 Å². The predicted octanol–water partition coefficient (Wildman–Crippen LogP) is 4.71. The topological polar surface area (TPSA) is 82.3 Å². The Labute approximate surface area is 176 Å². The second kappa shape index (κ2) is 9.30. The third kappa shape index (κ3) is 4.90. The van der Waals surface area contributed by atoms with Gasteiger partial charge in [-0.05, 0) is 54.7 Å². The van der Waals surface area contributed by atoms with Crippen LogP contribution in [-0.4, -0.2) is 23.7 Å². The van der Waals surface area contributed by atoms with Gasteiger partial charge in [0.15, 0.2) is 0 Å². The molecule has 29 heavy (non-hydrogen) atoms. The lowest BCUT2D eigenvalue weighted by molar-refractivity contribution is -0.141. The largest absolute Gasteiger partial charge is 0.497 e. The van der Waals surface area contributed by atoms with Gasteiger partial charge in [0.25, 0.3) is 5.91 Å². The zero-order valence-electron chi connectivity index (χ0n) is 16.5. The molecule has 0 unspecified atom stereocenters. The van der Waals surface area contributed by atoms with Crippen LogP contribution in [-0.2, 0) is 11.2 Å². The predicted molar refractivity (Wildman–Crippen MR) is 113 cm³/mol. The summed E-state index contributed by atoms with van der Waals surface area (Å²) in [6.45, 7) is 0. The number of nitrogens with zero attached hydrogens (tertiary/aromatic N) is 1. The first-order valence-electron chi connectivity index (χ1n) is 9.82. The average Bonchev–Trinajstić information content (AvgIpc) is 2.75. The molecule has 0 heterocycles. The Morgan fingerprint density at radius 2 is 1.93 bits per heavy atom. The molecule has 1 fully saturated rings. The number of aliphatic hydroxyl groups is 1. The molecule has 0 saturated heterocycles. The van der Waals surface area contributed by atoms with E-state index in [1.165, 1.54) is 6.07 Å². The van der Waals surface area contributed by atoms with Crippen LogP contribution in [0.2, 0.25) is 5.02 Å². The number of halogens is 1. The quantitative estimate of drug-likeness (QED) is 0.719. The number of amides is 1. The molecule has 152 valence electrons. The molecule has 0 aromatic heterocycles. The van der Waals surface area contributed by atoms with Gasteiger partial charge in [0.05, 0.1) is 17.7 Å². The van der Waals surface area contributed by atoms with E-state index in [0.717, 1.165) is 43.4 Å². The molecule has 1 atom stereocenters. The molecule has 1 amide bonds. The summed E-state index contributed by atoms with van der Waals surface area (Å²) < 4.78 is 5.19. The fourth-order valence-electron chi connectivity index (χ4n) is 3.97. The highest BCUT2D eigenvalue weighted by molar-refractivity contribution is 6.32. The number of benzene rings is 2. The normalized spacial score (nSPS) is 16.5. The van der Waals surface area contributed by atoms with Gasteiger partial charge in [-0.3, -0.25) is 4.79 Å². The monoisotopic (exact) mass is 412 g/mol. The maximum atomic E-state index is 13.2. The molecule has 3 rings (SSSR count). The molecule has 0 radical (unpaired) electrons. The summed E-state index contributed by atoms with van der Waals surface area (Å²) in [6.07, 6.45) is 4.99. The molecular weight excluding hydrogens is 388 g/mol. The van der Waals surface area contributed by atoms with E-state index in [-0.39, 0.29) is 17.4 Å². The Morgan fingerprint density at radius 1 is 1.24 bits per heavy atom. The standard InChI is InChI=1S/C23H25ClN2O3/c1-29-20-11-7-16(8-12-20)14-23(28,18-5-3-2-4-6-18)22(27)26-19-10-9-17(15-25)21(24)13-19/h7-13,18,28H,2-6,14H2,1H3,(H,26,27)/t23-/m0/s1. The SMILES string of the molecule is COc1ccc(C[C@@](O)(C(=O)Nc2ccc(C#N)c(Cl)c2)C2CCCCC2)cc1. The van der Waals surface area contributed by atoms with E-state index in [0.29, 0.717) is 11.3 Å². The summed E-state index contributed by atoms with van der Waals surface area (Å²) in [6, 6.07) is 14.1. The Balaban J connectivity index is 1.86. The minimum absolute atomic E-state index is 0.118. The molecule has 2 aromatic rings. The van der Waals surface area contributed by atoms with Crippen molar-refractivity contribution < 1.29 is 14.6 Å². The van der Waals surface area contributed by atoms with Gasteiger partial charge in [-0.1, -0.05) is 43.0 Å². The molecule has 6 heteroatoms. The molecule has 0 spiro atoms. The number of hydrogen-bond donors (Lipinski definition) is 2. The van der Waals surface area contributed by atoms with Crippen LogP contribution < -0.4 is 10.1 Å². The van der Waals surface area contributed by atoms with Gasteiger partial charge < -0.3 is 15.2 Å². The molecule has 1 aliphatic carbocycles. The van der Waals surface area contributed by atoms with Crippen molar-refractivity contribution in [1.29, 1.82) is 5.26 Å². The van der Waals surface area contributed by atoms with Crippen LogP contribution in [0.5, 0.6) is 5.75 Å². The Kier molecular flexibility index (Phi) is 6.79. The number of nitriles is 1. The zero-order chi connectivity index (χ0) is 20.9. The summed E-state index contributed by atoms with van der Waals surface area (Å²) in [4.78, 5) is 13.2. The van der Waals surface area contributed by atoms with Gasteiger partial charge in [0, 0.05) is 12.1 Å². The highest BCUT2D eigenvalue weighted by Crippen LogP contribution is 2.36. The van der Waals surface area contributed by atoms with Gasteiger partial charge in [-0.2, -0.15) is 5.26 Å². The number of ether oxygens (including phenoxy) is 1. The average molecular weight is 413 g/mol. The van der Waals surface area contributed by atoms with E-state index in [9.17, 15) is 9.90 Å². The molecule has 0 bridgehead atoms. The maximum Gasteiger partial charge on any atom is 0.256 e. The van der Waals surface area contributed by atoms with Crippen LogP contribution in [0.25, 0.3) is 0 Å². The summed E-state index contributed by atoms with van der Waals surface area (Å²) >= 11 is 6.09. The molecule has 2 N–H and O–H groups in total. The van der Waals surface area contributed by atoms with Crippen molar-refractivity contribution in [3.8, 4) is 11.8 Å². The van der Waals surface area contributed by atoms with Crippen molar-refractivity contribution >= 4 is 23.2 Å². The molecule has 1 saturated carbocycles. The molecule has 0 aliphatic heterocycles. The van der Waals surface area contributed by atoms with Crippen LogP contribution in [0.1, 0.15) is 43.2 Å². The fourth-order valence-corrected chi connectivity index (χ4v) is 4.19. The molecule has 2 aromatic carbocycles. The summed E-state index contributed by atoms with van der Waals surface area (Å²) in [5, 5.41) is 23.7. The van der Waals surface area contributed by atoms with Gasteiger partial charge in [-0.25, -0.2) is 0 Å². The maximum absolute atomic E-state index is 13.2. The second-order valence-corrected chi connectivity index (χ2v) is 7.95. The van der Waals surface area contributed by atoms with Crippen LogP contribution in [0, 0.1) is 17.2 Å². The van der Waals surface area contributed by atoms with Crippen LogP contribution >= 0.6 is 11.6 Å². The van der Waals surface area contributed by atoms with Crippen molar-refractivity contribution in [2.75, 3.05) is 12.4 Å². The number of anilines is 1. The fraction of sp³-hybridized carbons (Fsp3) is 0.391. The molecule has 5 nitrogen and oxygen atoms in total. The lowest BCUT2D eigenvalue weighted by atomic mass is 9.73. The number of nitrogens with one attached hydrogen (secondary N) is 1. The summed E-state index contributed by atoms with van der Waals surface area (Å²) in [5.74, 6) is 0.167. The lowest BCUT2D eigenvalue weighted by Gasteiger charge is -2.37. The Bertz CT molecular complexity index is 901. The van der Waals surface area contributed by atoms with Crippen LogP contribution in [0.3, 0.4) is 0 Å². The Morgan fingerprint density at radius 3 is 2.52 bits per heavy atom. The first-order chi connectivity index (χ1) is 14.0. The van der Waals surface area contributed by atoms with Crippen LogP contribution in [0.4, 0.5) is 5.69 Å². The van der Waals surface area contributed by atoms with E-state index < -0.39 is 11.5 Å². The van der Waals surface area contributed by atoms with Gasteiger partial charge in [-0.15, -0.1) is 0 Å².